The number of nitrogens with zero attached hydrogens (tertiary/aromatic N) is 4. The van der Waals surface area contributed by atoms with Crippen LogP contribution in [0.4, 0.5) is 0 Å². The van der Waals surface area contributed by atoms with Gasteiger partial charge in [-0.2, -0.15) is 10.2 Å². The van der Waals surface area contributed by atoms with Crippen molar-refractivity contribution in [2.45, 2.75) is 26.4 Å². The predicted molar refractivity (Wildman–Crippen MR) is 66.3 cm³/mol. The van der Waals surface area contributed by atoms with E-state index in [-0.39, 0.29) is 0 Å². The van der Waals surface area contributed by atoms with Gasteiger partial charge in [0.1, 0.15) is 0 Å². The quantitative estimate of drug-likeness (QED) is 0.838. The van der Waals surface area contributed by atoms with Gasteiger partial charge in [0.2, 0.25) is 0 Å². The summed E-state index contributed by atoms with van der Waals surface area (Å²) in [5.41, 5.74) is 3.65. The highest BCUT2D eigenvalue weighted by Gasteiger charge is 2.05. The van der Waals surface area contributed by atoms with E-state index in [1.165, 1.54) is 16.8 Å². The van der Waals surface area contributed by atoms with Crippen molar-refractivity contribution in [3.05, 3.63) is 35.4 Å². The molecule has 2 aromatic rings. The van der Waals surface area contributed by atoms with E-state index in [1.54, 1.807) is 0 Å². The molecule has 0 aliphatic carbocycles. The Morgan fingerprint density at radius 1 is 1.18 bits per heavy atom. The molecule has 5 nitrogen and oxygen atoms in total. The first kappa shape index (κ1) is 11.9. The molecule has 0 radical (unpaired) electrons. The number of hydrogen-bond acceptors (Lipinski definition) is 3. The summed E-state index contributed by atoms with van der Waals surface area (Å²) in [7, 11) is 3.89. The minimum Gasteiger partial charge on any atom is -0.308 e. The zero-order chi connectivity index (χ0) is 12.3. The Hall–Kier alpha value is -1.62. The SMILES string of the molecule is CCc1nn(C)cc1CNCc1cnn(C)c1. The first-order valence-electron chi connectivity index (χ1n) is 5.88. The van der Waals surface area contributed by atoms with Crippen molar-refractivity contribution in [1.82, 2.24) is 24.9 Å². The van der Waals surface area contributed by atoms with Crippen LogP contribution in [0.25, 0.3) is 0 Å². The molecule has 2 aromatic heterocycles. The van der Waals surface area contributed by atoms with Crippen molar-refractivity contribution >= 4 is 0 Å². The van der Waals surface area contributed by atoms with Gasteiger partial charge in [-0.1, -0.05) is 6.92 Å². The molecule has 0 saturated carbocycles. The lowest BCUT2D eigenvalue weighted by molar-refractivity contribution is 0.687. The smallest absolute Gasteiger partial charge is 0.0666 e. The maximum absolute atomic E-state index is 4.42. The van der Waals surface area contributed by atoms with Gasteiger partial charge < -0.3 is 5.32 Å². The zero-order valence-electron chi connectivity index (χ0n) is 10.6. The van der Waals surface area contributed by atoms with Crippen molar-refractivity contribution in [2.24, 2.45) is 14.1 Å². The lowest BCUT2D eigenvalue weighted by atomic mass is 10.2. The van der Waals surface area contributed by atoms with E-state index in [0.717, 1.165) is 19.5 Å². The monoisotopic (exact) mass is 233 g/mol. The number of aromatic nitrogens is 4. The fourth-order valence-corrected chi connectivity index (χ4v) is 1.93. The molecule has 5 heteroatoms. The molecule has 0 atom stereocenters. The first-order valence-corrected chi connectivity index (χ1v) is 5.88. The molecule has 0 aliphatic rings. The lowest BCUT2D eigenvalue weighted by Gasteiger charge is -2.02. The van der Waals surface area contributed by atoms with E-state index in [0.29, 0.717) is 0 Å². The normalized spacial score (nSPS) is 11.0. The van der Waals surface area contributed by atoms with Crippen LogP contribution in [0.2, 0.25) is 0 Å². The maximum Gasteiger partial charge on any atom is 0.0666 e. The van der Waals surface area contributed by atoms with Crippen molar-refractivity contribution in [1.29, 1.82) is 0 Å². The zero-order valence-corrected chi connectivity index (χ0v) is 10.6. The van der Waals surface area contributed by atoms with Gasteiger partial charge in [-0.3, -0.25) is 9.36 Å². The molecule has 0 fully saturated rings. The Morgan fingerprint density at radius 2 is 2.00 bits per heavy atom. The summed E-state index contributed by atoms with van der Waals surface area (Å²) < 4.78 is 3.69. The molecule has 0 amide bonds. The van der Waals surface area contributed by atoms with Crippen LogP contribution in [-0.2, 0) is 33.6 Å². The fraction of sp³-hybridized carbons (Fsp3) is 0.500. The van der Waals surface area contributed by atoms with Gasteiger partial charge in [0.15, 0.2) is 0 Å². The molecule has 0 unspecified atom stereocenters. The van der Waals surface area contributed by atoms with Crippen LogP contribution in [-0.4, -0.2) is 19.6 Å². The number of nitrogens with one attached hydrogen (secondary N) is 1. The molecule has 0 saturated heterocycles. The highest BCUT2D eigenvalue weighted by molar-refractivity contribution is 5.17. The van der Waals surface area contributed by atoms with Gasteiger partial charge in [-0.25, -0.2) is 0 Å². The van der Waals surface area contributed by atoms with Crippen LogP contribution < -0.4 is 5.32 Å². The molecule has 0 aliphatic heterocycles. The lowest BCUT2D eigenvalue weighted by Crippen LogP contribution is -2.12. The Morgan fingerprint density at radius 3 is 2.65 bits per heavy atom. The average molecular weight is 233 g/mol. The number of rotatable bonds is 5. The fourth-order valence-electron chi connectivity index (χ4n) is 1.93. The Bertz CT molecular complexity index is 483. The predicted octanol–water partition coefficient (Wildman–Crippen LogP) is 1.01. The molecule has 2 rings (SSSR count). The molecule has 17 heavy (non-hydrogen) atoms. The first-order chi connectivity index (χ1) is 8.19. The largest absolute Gasteiger partial charge is 0.308 e. The Labute approximate surface area is 101 Å². The van der Waals surface area contributed by atoms with Crippen LogP contribution in [0, 0.1) is 0 Å². The van der Waals surface area contributed by atoms with Gasteiger partial charge in [-0.15, -0.1) is 0 Å². The van der Waals surface area contributed by atoms with E-state index in [2.05, 4.69) is 28.6 Å². The molecule has 0 spiro atoms. The average Bonchev–Trinajstić information content (AvgIpc) is 2.85. The summed E-state index contributed by atoms with van der Waals surface area (Å²) in [6, 6.07) is 0. The summed E-state index contributed by atoms with van der Waals surface area (Å²) in [5.74, 6) is 0. The highest BCUT2D eigenvalue weighted by Crippen LogP contribution is 2.07. The van der Waals surface area contributed by atoms with Crippen LogP contribution in [0.3, 0.4) is 0 Å². The summed E-state index contributed by atoms with van der Waals surface area (Å²) in [6.07, 6.45) is 6.97. The summed E-state index contributed by atoms with van der Waals surface area (Å²) in [6.45, 7) is 3.82. The second-order valence-electron chi connectivity index (χ2n) is 4.25. The molecule has 0 aromatic carbocycles. The van der Waals surface area contributed by atoms with Crippen LogP contribution in [0.15, 0.2) is 18.6 Å². The van der Waals surface area contributed by atoms with Crippen molar-refractivity contribution in [3.63, 3.8) is 0 Å². The second-order valence-corrected chi connectivity index (χ2v) is 4.25. The molecule has 92 valence electrons. The van der Waals surface area contributed by atoms with Gasteiger partial charge >= 0.3 is 0 Å². The van der Waals surface area contributed by atoms with Gasteiger partial charge in [0, 0.05) is 50.7 Å². The van der Waals surface area contributed by atoms with Crippen LogP contribution in [0.1, 0.15) is 23.7 Å². The molecule has 2 heterocycles. The Kier molecular flexibility index (Phi) is 3.58. The topological polar surface area (TPSA) is 47.7 Å². The van der Waals surface area contributed by atoms with E-state index in [1.807, 2.05) is 35.9 Å². The third-order valence-corrected chi connectivity index (χ3v) is 2.73. The van der Waals surface area contributed by atoms with Crippen molar-refractivity contribution in [3.8, 4) is 0 Å². The molecular formula is C12H19N5. The van der Waals surface area contributed by atoms with Gasteiger partial charge in [-0.05, 0) is 6.42 Å². The van der Waals surface area contributed by atoms with Gasteiger partial charge in [0.05, 0.1) is 11.9 Å². The summed E-state index contributed by atoms with van der Waals surface area (Å²) in [4.78, 5) is 0. The second kappa shape index (κ2) is 5.14. The molecular weight excluding hydrogens is 214 g/mol. The van der Waals surface area contributed by atoms with Crippen LogP contribution >= 0.6 is 0 Å². The number of aryl methyl sites for hydroxylation is 3. The Balaban J connectivity index is 1.89. The van der Waals surface area contributed by atoms with Crippen molar-refractivity contribution < 1.29 is 0 Å². The summed E-state index contributed by atoms with van der Waals surface area (Å²) in [5, 5.41) is 12.0. The van der Waals surface area contributed by atoms with E-state index in [4.69, 9.17) is 0 Å². The van der Waals surface area contributed by atoms with E-state index in [9.17, 15) is 0 Å². The van der Waals surface area contributed by atoms with Gasteiger partial charge in [0.25, 0.3) is 0 Å². The van der Waals surface area contributed by atoms with Crippen molar-refractivity contribution in [2.75, 3.05) is 0 Å². The highest BCUT2D eigenvalue weighted by atomic mass is 15.3. The van der Waals surface area contributed by atoms with E-state index < -0.39 is 0 Å². The molecule has 0 bridgehead atoms. The third kappa shape index (κ3) is 2.94. The minimum atomic E-state index is 0.839. The van der Waals surface area contributed by atoms with E-state index >= 15 is 0 Å². The standard InChI is InChI=1S/C12H19N5/c1-4-12-11(9-17(3)15-12)7-13-5-10-6-14-16(2)8-10/h6,8-9,13H,4-5,7H2,1-3H3. The number of hydrogen-bond donors (Lipinski definition) is 1. The summed E-state index contributed by atoms with van der Waals surface area (Å²) >= 11 is 0. The maximum atomic E-state index is 4.42. The third-order valence-electron chi connectivity index (χ3n) is 2.73. The molecule has 1 N–H and O–H groups in total. The van der Waals surface area contributed by atoms with Crippen LogP contribution in [0.5, 0.6) is 0 Å². The minimum absolute atomic E-state index is 0.839.